The van der Waals surface area contributed by atoms with Crippen molar-refractivity contribution in [3.63, 3.8) is 0 Å². The van der Waals surface area contributed by atoms with Crippen LogP contribution in [0.2, 0.25) is 0 Å². The molecule has 150 valence electrons. The zero-order valence-electron chi connectivity index (χ0n) is 17.4. The van der Waals surface area contributed by atoms with E-state index >= 15 is 0 Å². The first-order chi connectivity index (χ1) is 13.4. The molecule has 2 aromatic carbocycles. The van der Waals surface area contributed by atoms with Crippen molar-refractivity contribution in [2.45, 2.75) is 65.6 Å². The minimum absolute atomic E-state index is 0.0119. The first kappa shape index (κ1) is 21.7. The van der Waals surface area contributed by atoms with Gasteiger partial charge >= 0.3 is 0 Å². The van der Waals surface area contributed by atoms with Gasteiger partial charge in [0.15, 0.2) is 0 Å². The van der Waals surface area contributed by atoms with Crippen LogP contribution in [0, 0.1) is 6.92 Å². The van der Waals surface area contributed by atoms with Crippen molar-refractivity contribution in [2.75, 3.05) is 0 Å². The van der Waals surface area contributed by atoms with Gasteiger partial charge in [-0.15, -0.1) is 0 Å². The number of carbonyl (C=O) groups excluding carboxylic acids is 2. The highest BCUT2D eigenvalue weighted by Gasteiger charge is 2.28. The molecular weight excluding hydrogens is 348 g/mol. The summed E-state index contributed by atoms with van der Waals surface area (Å²) in [6.45, 7) is 8.32. The van der Waals surface area contributed by atoms with Crippen LogP contribution in [0.15, 0.2) is 54.6 Å². The fourth-order valence-corrected chi connectivity index (χ4v) is 3.31. The Morgan fingerprint density at radius 2 is 1.64 bits per heavy atom. The number of carbonyl (C=O) groups is 2. The second kappa shape index (κ2) is 10.6. The van der Waals surface area contributed by atoms with Gasteiger partial charge in [-0.1, -0.05) is 61.5 Å². The number of nitrogens with one attached hydrogen (secondary N) is 1. The summed E-state index contributed by atoms with van der Waals surface area (Å²) in [5.41, 5.74) is 3.33. The predicted molar refractivity (Wildman–Crippen MR) is 114 cm³/mol. The number of amides is 2. The lowest BCUT2D eigenvalue weighted by molar-refractivity contribution is -0.141. The van der Waals surface area contributed by atoms with E-state index in [1.807, 2.05) is 82.3 Å². The summed E-state index contributed by atoms with van der Waals surface area (Å²) in [7, 11) is 0. The van der Waals surface area contributed by atoms with Crippen molar-refractivity contribution >= 4 is 11.8 Å². The van der Waals surface area contributed by atoms with Gasteiger partial charge in [0, 0.05) is 19.0 Å². The summed E-state index contributed by atoms with van der Waals surface area (Å²) in [6.07, 6.45) is 1.65. The van der Waals surface area contributed by atoms with E-state index in [0.717, 1.165) is 16.7 Å². The molecule has 0 unspecified atom stereocenters. The van der Waals surface area contributed by atoms with Gasteiger partial charge in [-0.05, 0) is 50.3 Å². The molecular formula is C24H32N2O2. The minimum atomic E-state index is -0.467. The Hall–Kier alpha value is -2.62. The van der Waals surface area contributed by atoms with Crippen molar-refractivity contribution in [3.05, 3.63) is 71.3 Å². The Morgan fingerprint density at radius 3 is 2.25 bits per heavy atom. The summed E-state index contributed by atoms with van der Waals surface area (Å²) in [5.74, 6) is -0.0722. The van der Waals surface area contributed by atoms with Gasteiger partial charge < -0.3 is 10.2 Å². The van der Waals surface area contributed by atoms with Crippen molar-refractivity contribution in [1.29, 1.82) is 0 Å². The third-order valence-corrected chi connectivity index (χ3v) is 4.89. The molecule has 1 N–H and O–H groups in total. The molecule has 0 aromatic heterocycles. The monoisotopic (exact) mass is 380 g/mol. The van der Waals surface area contributed by atoms with Crippen LogP contribution >= 0.6 is 0 Å². The number of hydrogen-bond donors (Lipinski definition) is 1. The summed E-state index contributed by atoms with van der Waals surface area (Å²) < 4.78 is 0. The number of benzene rings is 2. The topological polar surface area (TPSA) is 49.4 Å². The van der Waals surface area contributed by atoms with E-state index in [9.17, 15) is 9.59 Å². The average Bonchev–Trinajstić information content (AvgIpc) is 2.67. The van der Waals surface area contributed by atoms with Gasteiger partial charge in [-0.3, -0.25) is 9.59 Å². The first-order valence-corrected chi connectivity index (χ1v) is 10.1. The summed E-state index contributed by atoms with van der Waals surface area (Å²) in [5, 5.41) is 2.97. The van der Waals surface area contributed by atoms with Crippen molar-refractivity contribution in [1.82, 2.24) is 10.2 Å². The van der Waals surface area contributed by atoms with E-state index in [1.165, 1.54) is 0 Å². The molecule has 2 rings (SSSR count). The Morgan fingerprint density at radius 1 is 1.00 bits per heavy atom. The van der Waals surface area contributed by atoms with Gasteiger partial charge in [0.25, 0.3) is 0 Å². The van der Waals surface area contributed by atoms with Gasteiger partial charge in [-0.25, -0.2) is 0 Å². The van der Waals surface area contributed by atoms with Crippen LogP contribution in [0.4, 0.5) is 0 Å². The van der Waals surface area contributed by atoms with Crippen LogP contribution in [0.25, 0.3) is 0 Å². The molecule has 0 aliphatic carbocycles. The van der Waals surface area contributed by atoms with E-state index in [4.69, 9.17) is 0 Å². The SMILES string of the molecule is CC[C@@H](C(=O)NC(C)C)N(Cc1ccccc1C)C(=O)CCc1ccccc1. The molecule has 2 aromatic rings. The highest BCUT2D eigenvalue weighted by molar-refractivity contribution is 5.87. The van der Waals surface area contributed by atoms with E-state index in [2.05, 4.69) is 5.32 Å². The molecule has 4 nitrogen and oxygen atoms in total. The molecule has 1 atom stereocenters. The zero-order valence-corrected chi connectivity index (χ0v) is 17.4. The van der Waals surface area contributed by atoms with E-state index in [0.29, 0.717) is 25.8 Å². The van der Waals surface area contributed by atoms with Crippen LogP contribution in [0.1, 0.15) is 50.3 Å². The van der Waals surface area contributed by atoms with Crippen molar-refractivity contribution < 1.29 is 9.59 Å². The fourth-order valence-electron chi connectivity index (χ4n) is 3.31. The van der Waals surface area contributed by atoms with Gasteiger partial charge in [0.2, 0.25) is 11.8 Å². The second-order valence-corrected chi connectivity index (χ2v) is 7.52. The molecule has 2 amide bonds. The molecule has 0 radical (unpaired) electrons. The van der Waals surface area contributed by atoms with Crippen molar-refractivity contribution in [3.8, 4) is 0 Å². The standard InChI is InChI=1S/C24H32N2O2/c1-5-22(24(28)25-18(2)3)26(17-21-14-10-9-11-19(21)4)23(27)16-15-20-12-7-6-8-13-20/h6-14,18,22H,5,15-17H2,1-4H3,(H,25,28)/t22-/m0/s1. The quantitative estimate of drug-likeness (QED) is 0.707. The van der Waals surface area contributed by atoms with E-state index in [1.54, 1.807) is 4.90 Å². The smallest absolute Gasteiger partial charge is 0.243 e. The van der Waals surface area contributed by atoms with Crippen LogP contribution in [-0.4, -0.2) is 28.8 Å². The molecule has 28 heavy (non-hydrogen) atoms. The van der Waals surface area contributed by atoms with Crippen LogP contribution in [0.5, 0.6) is 0 Å². The third-order valence-electron chi connectivity index (χ3n) is 4.89. The van der Waals surface area contributed by atoms with Crippen molar-refractivity contribution in [2.24, 2.45) is 0 Å². The maximum Gasteiger partial charge on any atom is 0.243 e. The van der Waals surface area contributed by atoms with Crippen LogP contribution in [0.3, 0.4) is 0 Å². The molecule has 4 heteroatoms. The highest BCUT2D eigenvalue weighted by atomic mass is 16.2. The maximum absolute atomic E-state index is 13.2. The summed E-state index contributed by atoms with van der Waals surface area (Å²) >= 11 is 0. The lowest BCUT2D eigenvalue weighted by atomic mass is 10.0. The molecule has 0 aliphatic heterocycles. The predicted octanol–water partition coefficient (Wildman–Crippen LogP) is 4.26. The minimum Gasteiger partial charge on any atom is -0.352 e. The van der Waals surface area contributed by atoms with E-state index in [-0.39, 0.29) is 17.9 Å². The largest absolute Gasteiger partial charge is 0.352 e. The average molecular weight is 381 g/mol. The summed E-state index contributed by atoms with van der Waals surface area (Å²) in [4.78, 5) is 27.7. The molecule has 0 spiro atoms. The molecule has 0 fully saturated rings. The van der Waals surface area contributed by atoms with Crippen LogP contribution in [-0.2, 0) is 22.6 Å². The highest BCUT2D eigenvalue weighted by Crippen LogP contribution is 2.17. The number of rotatable bonds is 9. The van der Waals surface area contributed by atoms with Crippen LogP contribution < -0.4 is 5.32 Å². The lowest BCUT2D eigenvalue weighted by Gasteiger charge is -2.31. The van der Waals surface area contributed by atoms with Gasteiger partial charge in [-0.2, -0.15) is 0 Å². The number of nitrogens with zero attached hydrogens (tertiary/aromatic N) is 1. The number of hydrogen-bond acceptors (Lipinski definition) is 2. The Bertz CT molecular complexity index is 771. The fraction of sp³-hybridized carbons (Fsp3) is 0.417. The zero-order chi connectivity index (χ0) is 20.5. The molecule has 0 saturated heterocycles. The van der Waals surface area contributed by atoms with E-state index < -0.39 is 6.04 Å². The van der Waals surface area contributed by atoms with Gasteiger partial charge in [0.05, 0.1) is 0 Å². The summed E-state index contributed by atoms with van der Waals surface area (Å²) in [6, 6.07) is 17.6. The molecule has 0 aliphatic rings. The van der Waals surface area contributed by atoms with Gasteiger partial charge in [0.1, 0.15) is 6.04 Å². The Balaban J connectivity index is 2.22. The Kier molecular flexibility index (Phi) is 8.24. The molecule has 0 saturated carbocycles. The second-order valence-electron chi connectivity index (χ2n) is 7.52. The Labute approximate surface area is 169 Å². The third kappa shape index (κ3) is 6.22. The molecule has 0 bridgehead atoms. The first-order valence-electron chi connectivity index (χ1n) is 10.1. The number of aryl methyl sites for hydroxylation is 2. The normalized spacial score (nSPS) is 11.9. The lowest BCUT2D eigenvalue weighted by Crippen LogP contribution is -2.50. The molecule has 0 heterocycles. The maximum atomic E-state index is 13.2.